The number of Topliss-reactive ketones (excluding diaryl/α,β-unsaturated/α-hetero) is 1. The van der Waals surface area contributed by atoms with Crippen molar-refractivity contribution < 1.29 is 19.4 Å². The Morgan fingerprint density at radius 3 is 2.33 bits per heavy atom. The molecule has 0 bridgehead atoms. The average molecular weight is 420 g/mol. The van der Waals surface area contributed by atoms with Gasteiger partial charge in [-0.3, -0.25) is 14.5 Å². The van der Waals surface area contributed by atoms with Gasteiger partial charge in [0, 0.05) is 5.69 Å². The Labute approximate surface area is 178 Å². The monoisotopic (exact) mass is 420 g/mol. The summed E-state index contributed by atoms with van der Waals surface area (Å²) in [5.74, 6) is -0.883. The van der Waals surface area contributed by atoms with Gasteiger partial charge in [0.15, 0.2) is 5.76 Å². The van der Waals surface area contributed by atoms with Gasteiger partial charge in [0.25, 0.3) is 5.91 Å². The normalized spacial score (nSPS) is 16.3. The maximum absolute atomic E-state index is 13.5. The van der Waals surface area contributed by atoms with Crippen LogP contribution < -0.4 is 9.64 Å². The van der Waals surface area contributed by atoms with Gasteiger partial charge in [-0.15, -0.1) is 11.3 Å². The summed E-state index contributed by atoms with van der Waals surface area (Å²) in [6.07, 6.45) is 0. The molecule has 1 N–H and O–H groups in total. The number of ketones is 1. The fraction of sp³-hybridized carbons (Fsp3) is 0.174. The zero-order valence-corrected chi connectivity index (χ0v) is 17.6. The molecule has 4 rings (SSSR count). The van der Waals surface area contributed by atoms with Crippen molar-refractivity contribution in [2.75, 3.05) is 12.0 Å². The Balaban J connectivity index is 1.86. The Morgan fingerprint density at radius 2 is 1.77 bits per heavy atom. The number of aromatic nitrogens is 1. The van der Waals surface area contributed by atoms with E-state index in [0.29, 0.717) is 22.0 Å². The lowest BCUT2D eigenvalue weighted by molar-refractivity contribution is -0.117. The van der Waals surface area contributed by atoms with Gasteiger partial charge >= 0.3 is 0 Å². The van der Waals surface area contributed by atoms with Crippen LogP contribution in [0.1, 0.15) is 32.0 Å². The zero-order chi connectivity index (χ0) is 21.4. The molecule has 0 aliphatic carbocycles. The van der Waals surface area contributed by atoms with Gasteiger partial charge in [-0.1, -0.05) is 30.3 Å². The van der Waals surface area contributed by atoms with Crippen molar-refractivity contribution in [1.29, 1.82) is 0 Å². The summed E-state index contributed by atoms with van der Waals surface area (Å²) < 4.78 is 5.20. The quantitative estimate of drug-likeness (QED) is 0.613. The standard InChI is InChI=1S/C23H20N2O4S/c1-13-22(30-14(2)24-13)20(26)18-19(15-7-5-4-6-8-15)25(23(28)21(18)27)16-9-11-17(29-3)12-10-16/h4-12,19,27H,1-3H3. The van der Waals surface area contributed by atoms with E-state index >= 15 is 0 Å². The van der Waals surface area contributed by atoms with Gasteiger partial charge in [0.05, 0.1) is 34.3 Å². The predicted octanol–water partition coefficient (Wildman–Crippen LogP) is 4.55. The third kappa shape index (κ3) is 3.27. The van der Waals surface area contributed by atoms with Crippen LogP contribution >= 0.6 is 11.3 Å². The van der Waals surface area contributed by atoms with E-state index in [2.05, 4.69) is 4.98 Å². The lowest BCUT2D eigenvalue weighted by Gasteiger charge is -2.27. The molecule has 0 saturated carbocycles. The zero-order valence-electron chi connectivity index (χ0n) is 16.7. The number of rotatable bonds is 5. The van der Waals surface area contributed by atoms with Crippen LogP contribution in [0.25, 0.3) is 0 Å². The van der Waals surface area contributed by atoms with E-state index in [-0.39, 0.29) is 11.4 Å². The van der Waals surface area contributed by atoms with E-state index < -0.39 is 17.7 Å². The summed E-state index contributed by atoms with van der Waals surface area (Å²) >= 11 is 1.26. The van der Waals surface area contributed by atoms with E-state index in [4.69, 9.17) is 4.74 Å². The first-order valence-corrected chi connectivity index (χ1v) is 10.2. The highest BCUT2D eigenvalue weighted by molar-refractivity contribution is 7.14. The summed E-state index contributed by atoms with van der Waals surface area (Å²) in [7, 11) is 1.56. The second kappa shape index (κ2) is 7.76. The minimum atomic E-state index is -0.749. The fourth-order valence-electron chi connectivity index (χ4n) is 3.66. The molecule has 0 radical (unpaired) electrons. The molecule has 0 spiro atoms. The average Bonchev–Trinajstić information content (AvgIpc) is 3.24. The number of anilines is 1. The van der Waals surface area contributed by atoms with Crippen LogP contribution in [0.15, 0.2) is 65.9 Å². The molecule has 0 fully saturated rings. The summed E-state index contributed by atoms with van der Waals surface area (Å²) in [5, 5.41) is 11.5. The van der Waals surface area contributed by atoms with Gasteiger partial charge in [0.1, 0.15) is 5.75 Å². The number of hydrogen-bond donors (Lipinski definition) is 1. The summed E-state index contributed by atoms with van der Waals surface area (Å²) in [6.45, 7) is 3.57. The fourth-order valence-corrected chi connectivity index (χ4v) is 4.54. The van der Waals surface area contributed by atoms with Crippen LogP contribution in [0.4, 0.5) is 5.69 Å². The largest absolute Gasteiger partial charge is 0.503 e. The molecule has 1 amide bonds. The topological polar surface area (TPSA) is 79.7 Å². The molecule has 2 aromatic carbocycles. The Kier molecular flexibility index (Phi) is 5.13. The lowest BCUT2D eigenvalue weighted by atomic mass is 9.95. The van der Waals surface area contributed by atoms with Crippen LogP contribution in [0.5, 0.6) is 5.75 Å². The molecule has 6 nitrogen and oxygen atoms in total. The van der Waals surface area contributed by atoms with Crippen LogP contribution in [-0.2, 0) is 4.79 Å². The molecule has 152 valence electrons. The first-order chi connectivity index (χ1) is 14.4. The molecule has 2 heterocycles. The van der Waals surface area contributed by atoms with E-state index in [1.54, 1.807) is 38.3 Å². The number of ether oxygens (including phenoxy) is 1. The maximum Gasteiger partial charge on any atom is 0.294 e. The van der Waals surface area contributed by atoms with Crippen LogP contribution in [0.2, 0.25) is 0 Å². The highest BCUT2D eigenvalue weighted by Crippen LogP contribution is 2.42. The number of benzene rings is 2. The van der Waals surface area contributed by atoms with Crippen LogP contribution in [0.3, 0.4) is 0 Å². The summed E-state index contributed by atoms with van der Waals surface area (Å²) in [4.78, 5) is 32.8. The lowest BCUT2D eigenvalue weighted by Crippen LogP contribution is -2.31. The van der Waals surface area contributed by atoms with E-state index in [0.717, 1.165) is 10.6 Å². The minimum Gasteiger partial charge on any atom is -0.503 e. The van der Waals surface area contributed by atoms with Crippen LogP contribution in [0, 0.1) is 13.8 Å². The molecule has 1 aliphatic rings. The van der Waals surface area contributed by atoms with Crippen molar-refractivity contribution in [3.05, 3.63) is 87.1 Å². The van der Waals surface area contributed by atoms with Crippen molar-refractivity contribution in [3.63, 3.8) is 0 Å². The molecule has 30 heavy (non-hydrogen) atoms. The van der Waals surface area contributed by atoms with Crippen molar-refractivity contribution in [2.24, 2.45) is 0 Å². The number of carbonyl (C=O) groups is 2. The summed E-state index contributed by atoms with van der Waals surface area (Å²) in [5.41, 5.74) is 1.94. The van der Waals surface area contributed by atoms with Crippen LogP contribution in [-0.4, -0.2) is 28.9 Å². The number of thiazole rings is 1. The van der Waals surface area contributed by atoms with Gasteiger partial charge in [-0.2, -0.15) is 0 Å². The van der Waals surface area contributed by atoms with Crippen molar-refractivity contribution in [3.8, 4) is 5.75 Å². The highest BCUT2D eigenvalue weighted by atomic mass is 32.1. The maximum atomic E-state index is 13.5. The smallest absolute Gasteiger partial charge is 0.294 e. The SMILES string of the molecule is COc1ccc(N2C(=O)C(O)=C(C(=O)c3sc(C)nc3C)C2c2ccccc2)cc1. The van der Waals surface area contributed by atoms with E-state index in [1.165, 1.54) is 16.2 Å². The number of carbonyl (C=O) groups excluding carboxylic acids is 2. The van der Waals surface area contributed by atoms with Gasteiger partial charge in [-0.05, 0) is 43.7 Å². The molecule has 7 heteroatoms. The number of aliphatic hydroxyl groups excluding tert-OH is 1. The first kappa shape index (κ1) is 19.8. The van der Waals surface area contributed by atoms with Gasteiger partial charge < -0.3 is 9.84 Å². The number of nitrogens with zero attached hydrogens (tertiary/aromatic N) is 2. The Morgan fingerprint density at radius 1 is 1.10 bits per heavy atom. The molecular weight excluding hydrogens is 400 g/mol. The molecule has 1 atom stereocenters. The number of aliphatic hydroxyl groups is 1. The molecule has 1 aliphatic heterocycles. The number of amides is 1. The van der Waals surface area contributed by atoms with Crippen molar-refractivity contribution >= 4 is 28.7 Å². The van der Waals surface area contributed by atoms with Gasteiger partial charge in [-0.25, -0.2) is 4.98 Å². The second-order valence-electron chi connectivity index (χ2n) is 6.93. The van der Waals surface area contributed by atoms with Crippen molar-refractivity contribution in [2.45, 2.75) is 19.9 Å². The minimum absolute atomic E-state index is 0.0637. The van der Waals surface area contributed by atoms with E-state index in [9.17, 15) is 14.7 Å². The molecule has 3 aromatic rings. The van der Waals surface area contributed by atoms with E-state index in [1.807, 2.05) is 37.3 Å². The highest BCUT2D eigenvalue weighted by Gasteiger charge is 2.45. The Hall–Kier alpha value is -3.45. The summed E-state index contributed by atoms with van der Waals surface area (Å²) in [6, 6.07) is 15.4. The number of methoxy groups -OCH3 is 1. The molecule has 1 aromatic heterocycles. The number of hydrogen-bond acceptors (Lipinski definition) is 6. The third-order valence-electron chi connectivity index (χ3n) is 5.03. The first-order valence-electron chi connectivity index (χ1n) is 9.36. The number of aryl methyl sites for hydroxylation is 2. The molecule has 0 saturated heterocycles. The Bertz CT molecular complexity index is 1150. The molecule has 1 unspecified atom stereocenters. The third-order valence-corrected chi connectivity index (χ3v) is 6.10. The predicted molar refractivity (Wildman–Crippen MR) is 115 cm³/mol. The van der Waals surface area contributed by atoms with Crippen molar-refractivity contribution in [1.82, 2.24) is 4.98 Å². The molecular formula is C23H20N2O4S. The second-order valence-corrected chi connectivity index (χ2v) is 8.13. The van der Waals surface area contributed by atoms with Gasteiger partial charge in [0.2, 0.25) is 5.78 Å².